The first-order valence-electron chi connectivity index (χ1n) is 8.26. The van der Waals surface area contributed by atoms with Gasteiger partial charge in [-0.25, -0.2) is 14.5 Å². The lowest BCUT2D eigenvalue weighted by Gasteiger charge is -2.20. The number of fused-ring (bicyclic) bond motifs is 1. The summed E-state index contributed by atoms with van der Waals surface area (Å²) in [5.41, 5.74) is 4.53. The molecule has 4 N–H and O–H groups in total. The van der Waals surface area contributed by atoms with E-state index in [0.29, 0.717) is 22.4 Å². The highest BCUT2D eigenvalue weighted by Gasteiger charge is 2.32. The summed E-state index contributed by atoms with van der Waals surface area (Å²) in [7, 11) is 0. The summed E-state index contributed by atoms with van der Waals surface area (Å²) >= 11 is 6.18. The molecule has 148 valence electrons. The van der Waals surface area contributed by atoms with Crippen LogP contribution < -0.4 is 5.73 Å². The minimum atomic E-state index is -1.61. The highest BCUT2D eigenvalue weighted by Crippen LogP contribution is 2.32. The van der Waals surface area contributed by atoms with Crippen molar-refractivity contribution < 1.29 is 19.5 Å². The largest absolute Gasteiger partial charge is 0.476 e. The molecule has 3 heterocycles. The smallest absolute Gasteiger partial charge is 0.357 e. The molecule has 0 saturated heterocycles. The molecule has 0 aliphatic carbocycles. The first-order valence-corrected chi connectivity index (χ1v) is 8.64. The van der Waals surface area contributed by atoms with Gasteiger partial charge in [-0.2, -0.15) is 15.1 Å². The van der Waals surface area contributed by atoms with Gasteiger partial charge in [0.2, 0.25) is 17.7 Å². The van der Waals surface area contributed by atoms with Crippen molar-refractivity contribution in [3.05, 3.63) is 52.4 Å². The number of nitrogens with two attached hydrogens (primary N) is 1. The molecule has 0 unspecified atom stereocenters. The number of hydrogen-bond donors (Lipinski definition) is 3. The van der Waals surface area contributed by atoms with Crippen LogP contribution in [0.25, 0.3) is 16.7 Å². The number of aromatic carboxylic acids is 1. The summed E-state index contributed by atoms with van der Waals surface area (Å²) in [5, 5.41) is 28.9. The zero-order valence-corrected chi connectivity index (χ0v) is 15.9. The van der Waals surface area contributed by atoms with Gasteiger partial charge in [0.05, 0.1) is 11.7 Å². The number of aryl methyl sites for hydroxylation is 1. The minimum Gasteiger partial charge on any atom is -0.476 e. The Bertz CT molecular complexity index is 1260. The highest BCUT2D eigenvalue weighted by atomic mass is 35.5. The molecule has 29 heavy (non-hydrogen) atoms. The van der Waals surface area contributed by atoms with Crippen molar-refractivity contribution in [3.63, 3.8) is 0 Å². The second-order valence-corrected chi connectivity index (χ2v) is 6.81. The lowest BCUT2D eigenvalue weighted by molar-refractivity contribution is 0.0692. The molecule has 0 aliphatic heterocycles. The fourth-order valence-electron chi connectivity index (χ4n) is 2.88. The van der Waals surface area contributed by atoms with E-state index in [2.05, 4.69) is 25.2 Å². The maximum Gasteiger partial charge on any atom is 0.357 e. The third kappa shape index (κ3) is 3.05. The maximum absolute atomic E-state index is 11.7. The summed E-state index contributed by atoms with van der Waals surface area (Å²) in [6, 6.07) is 4.63. The molecule has 1 aromatic carbocycles. The van der Waals surface area contributed by atoms with Crippen LogP contribution in [0.15, 0.2) is 28.9 Å². The van der Waals surface area contributed by atoms with Gasteiger partial charge in [0, 0.05) is 12.3 Å². The molecule has 0 aliphatic rings. The summed E-state index contributed by atoms with van der Waals surface area (Å²) < 4.78 is 6.19. The van der Waals surface area contributed by atoms with Crippen LogP contribution in [0.1, 0.15) is 34.7 Å². The molecule has 0 spiro atoms. The van der Waals surface area contributed by atoms with Crippen LogP contribution in [0.2, 0.25) is 5.02 Å². The number of aliphatic hydroxyl groups is 1. The predicted molar refractivity (Wildman–Crippen MR) is 101 cm³/mol. The number of hydrogen-bond acceptors (Lipinski definition) is 9. The molecule has 11 nitrogen and oxygen atoms in total. The maximum atomic E-state index is 11.7. The Morgan fingerprint density at radius 1 is 1.34 bits per heavy atom. The second kappa shape index (κ2) is 6.50. The quantitative estimate of drug-likeness (QED) is 0.446. The lowest BCUT2D eigenvalue weighted by Crippen LogP contribution is -2.24. The van der Waals surface area contributed by atoms with E-state index in [1.807, 2.05) is 0 Å². The van der Waals surface area contributed by atoms with Gasteiger partial charge in [-0.1, -0.05) is 22.8 Å². The van der Waals surface area contributed by atoms with Crippen molar-refractivity contribution in [3.8, 4) is 5.82 Å². The van der Waals surface area contributed by atoms with E-state index in [9.17, 15) is 15.0 Å². The van der Waals surface area contributed by atoms with E-state index in [0.717, 1.165) is 0 Å². The summed E-state index contributed by atoms with van der Waals surface area (Å²) in [6.45, 7) is 3.10. The van der Waals surface area contributed by atoms with Gasteiger partial charge in [0.15, 0.2) is 11.5 Å². The van der Waals surface area contributed by atoms with E-state index in [1.54, 1.807) is 19.1 Å². The number of rotatable bonds is 4. The molecule has 3 aromatic heterocycles. The van der Waals surface area contributed by atoms with Gasteiger partial charge in [-0.05, 0) is 24.6 Å². The molecular formula is C17H14ClN7O4. The number of carbonyl (C=O) groups is 1. The number of carboxylic acid groups (broad SMARTS) is 1. The van der Waals surface area contributed by atoms with Crippen molar-refractivity contribution in [1.82, 2.24) is 29.9 Å². The molecule has 0 radical (unpaired) electrons. The number of carboxylic acids is 1. The minimum absolute atomic E-state index is 0.0585. The Morgan fingerprint density at radius 2 is 2.10 bits per heavy atom. The van der Waals surface area contributed by atoms with Crippen LogP contribution in [0, 0.1) is 6.92 Å². The predicted octanol–water partition coefficient (Wildman–Crippen LogP) is 1.70. The van der Waals surface area contributed by atoms with Crippen LogP contribution in [0.3, 0.4) is 0 Å². The Hall–Kier alpha value is -3.57. The standard InChI is InChI=1S/C17H14ClN7O4/c1-7-21-15(24-29-7)17(2,28)8-3-4-9-11(5-8)25(23-12(9)14(26)27)13-10(18)6-20-16(19)22-13/h3-6,28H,1-2H3,(H,26,27)(H2,19,20,22)/t17-/m1/s1. The molecule has 4 rings (SSSR count). The average molecular weight is 416 g/mol. The molecular weight excluding hydrogens is 402 g/mol. The van der Waals surface area contributed by atoms with Gasteiger partial charge < -0.3 is 20.5 Å². The number of halogens is 1. The average Bonchev–Trinajstić information content (AvgIpc) is 3.27. The topological polar surface area (TPSA) is 166 Å². The Labute approximate surface area is 167 Å². The zero-order chi connectivity index (χ0) is 20.9. The van der Waals surface area contributed by atoms with Crippen LogP contribution in [-0.4, -0.2) is 46.1 Å². The van der Waals surface area contributed by atoms with Crippen molar-refractivity contribution >= 4 is 34.4 Å². The number of anilines is 1. The van der Waals surface area contributed by atoms with Crippen LogP contribution in [-0.2, 0) is 5.60 Å². The number of nitrogens with zero attached hydrogens (tertiary/aromatic N) is 6. The van der Waals surface area contributed by atoms with Gasteiger partial charge in [0.1, 0.15) is 10.6 Å². The van der Waals surface area contributed by atoms with Gasteiger partial charge in [0.25, 0.3) is 0 Å². The third-order valence-corrected chi connectivity index (χ3v) is 4.62. The van der Waals surface area contributed by atoms with E-state index in [4.69, 9.17) is 21.9 Å². The summed E-state index contributed by atoms with van der Waals surface area (Å²) in [6.07, 6.45) is 1.29. The van der Waals surface area contributed by atoms with Crippen molar-refractivity contribution in [2.45, 2.75) is 19.4 Å². The van der Waals surface area contributed by atoms with Crippen LogP contribution >= 0.6 is 11.6 Å². The molecule has 4 aromatic rings. The molecule has 0 saturated carbocycles. The molecule has 1 atom stereocenters. The lowest BCUT2D eigenvalue weighted by atomic mass is 9.94. The van der Waals surface area contributed by atoms with E-state index < -0.39 is 11.6 Å². The van der Waals surface area contributed by atoms with Crippen LogP contribution in [0.4, 0.5) is 5.95 Å². The van der Waals surface area contributed by atoms with E-state index >= 15 is 0 Å². The second-order valence-electron chi connectivity index (χ2n) is 6.41. The molecule has 12 heteroatoms. The Morgan fingerprint density at radius 3 is 2.76 bits per heavy atom. The van der Waals surface area contributed by atoms with E-state index in [-0.39, 0.29) is 28.3 Å². The third-order valence-electron chi connectivity index (χ3n) is 4.35. The monoisotopic (exact) mass is 415 g/mol. The number of aromatic nitrogens is 6. The first kappa shape index (κ1) is 18.8. The summed E-state index contributed by atoms with van der Waals surface area (Å²) in [4.78, 5) is 23.6. The SMILES string of the molecule is Cc1nc([C@](C)(O)c2ccc3c(C(=O)O)nn(-c4nc(N)ncc4Cl)c3c2)no1. The Balaban J connectivity index is 1.98. The zero-order valence-electron chi connectivity index (χ0n) is 15.2. The molecule has 0 bridgehead atoms. The number of benzene rings is 1. The van der Waals surface area contributed by atoms with E-state index in [1.165, 1.54) is 23.9 Å². The van der Waals surface area contributed by atoms with Crippen molar-refractivity contribution in [1.29, 1.82) is 0 Å². The fraction of sp³-hybridized carbons (Fsp3) is 0.176. The fourth-order valence-corrected chi connectivity index (χ4v) is 3.05. The van der Waals surface area contributed by atoms with Gasteiger partial charge in [-0.3, -0.25) is 0 Å². The Kier molecular flexibility index (Phi) is 4.21. The highest BCUT2D eigenvalue weighted by molar-refractivity contribution is 6.32. The normalized spacial score (nSPS) is 13.5. The first-order chi connectivity index (χ1) is 13.7. The van der Waals surface area contributed by atoms with Crippen molar-refractivity contribution in [2.75, 3.05) is 5.73 Å². The summed E-state index contributed by atoms with van der Waals surface area (Å²) in [5.74, 6) is -0.842. The van der Waals surface area contributed by atoms with Gasteiger partial charge >= 0.3 is 5.97 Å². The van der Waals surface area contributed by atoms with Crippen LogP contribution in [0.5, 0.6) is 0 Å². The number of nitrogen functional groups attached to an aromatic ring is 1. The van der Waals surface area contributed by atoms with Gasteiger partial charge in [-0.15, -0.1) is 0 Å². The molecule has 0 amide bonds. The van der Waals surface area contributed by atoms with Crippen molar-refractivity contribution in [2.24, 2.45) is 0 Å². The molecule has 0 fully saturated rings.